The molecule has 0 unspecified atom stereocenters. The van der Waals surface area contributed by atoms with Gasteiger partial charge in [0.15, 0.2) is 0 Å². The van der Waals surface area contributed by atoms with Gasteiger partial charge in [0.05, 0.1) is 27.4 Å². The van der Waals surface area contributed by atoms with E-state index in [4.69, 9.17) is 16.6 Å². The van der Waals surface area contributed by atoms with Crippen molar-refractivity contribution in [1.29, 1.82) is 0 Å². The van der Waals surface area contributed by atoms with Crippen molar-refractivity contribution in [2.24, 2.45) is 0 Å². The van der Waals surface area contributed by atoms with Gasteiger partial charge in [0.25, 0.3) is 0 Å². The summed E-state index contributed by atoms with van der Waals surface area (Å²) in [6.45, 7) is 8.02. The molecule has 1 aromatic heterocycles. The van der Waals surface area contributed by atoms with Crippen LogP contribution in [-0.4, -0.2) is 9.97 Å². The molecule has 0 fully saturated rings. The van der Waals surface area contributed by atoms with Gasteiger partial charge in [0.1, 0.15) is 0 Å². The third-order valence-corrected chi connectivity index (χ3v) is 3.53. The Morgan fingerprint density at radius 3 is 2.29 bits per heavy atom. The van der Waals surface area contributed by atoms with Crippen LogP contribution < -0.4 is 0 Å². The van der Waals surface area contributed by atoms with Crippen LogP contribution in [0.15, 0.2) is 42.5 Å². The summed E-state index contributed by atoms with van der Waals surface area (Å²) >= 11 is 6.25. The SMILES string of the molecule is CC.Cc1nc2c(C)cccc2nc1-c1ccccc1Cl. The highest BCUT2D eigenvalue weighted by molar-refractivity contribution is 6.33. The molecule has 2 nitrogen and oxygen atoms in total. The van der Waals surface area contributed by atoms with Crippen molar-refractivity contribution >= 4 is 22.6 Å². The highest BCUT2D eigenvalue weighted by Crippen LogP contribution is 2.29. The van der Waals surface area contributed by atoms with Crippen LogP contribution in [0.2, 0.25) is 5.02 Å². The fourth-order valence-electron chi connectivity index (χ4n) is 2.21. The first-order chi connectivity index (χ1) is 10.2. The lowest BCUT2D eigenvalue weighted by molar-refractivity contribution is 1.18. The van der Waals surface area contributed by atoms with E-state index in [0.29, 0.717) is 5.02 Å². The number of benzene rings is 2. The summed E-state index contributed by atoms with van der Waals surface area (Å²) in [6, 6.07) is 13.8. The summed E-state index contributed by atoms with van der Waals surface area (Å²) in [7, 11) is 0. The summed E-state index contributed by atoms with van der Waals surface area (Å²) in [5.41, 5.74) is 5.67. The summed E-state index contributed by atoms with van der Waals surface area (Å²) in [5, 5.41) is 0.701. The van der Waals surface area contributed by atoms with Crippen LogP contribution in [0.3, 0.4) is 0 Å². The number of halogens is 1. The van der Waals surface area contributed by atoms with Crippen molar-refractivity contribution in [1.82, 2.24) is 9.97 Å². The monoisotopic (exact) mass is 298 g/mol. The molecule has 0 amide bonds. The first kappa shape index (κ1) is 15.5. The third-order valence-electron chi connectivity index (χ3n) is 3.20. The summed E-state index contributed by atoms with van der Waals surface area (Å²) in [4.78, 5) is 9.39. The van der Waals surface area contributed by atoms with E-state index < -0.39 is 0 Å². The maximum Gasteiger partial charge on any atom is 0.0937 e. The molecule has 0 aliphatic carbocycles. The molecule has 1 heterocycles. The van der Waals surface area contributed by atoms with Gasteiger partial charge < -0.3 is 0 Å². The average molecular weight is 299 g/mol. The number of hydrogen-bond donors (Lipinski definition) is 0. The third kappa shape index (κ3) is 3.06. The smallest absolute Gasteiger partial charge is 0.0937 e. The number of aryl methyl sites for hydroxylation is 2. The minimum Gasteiger partial charge on any atom is -0.249 e. The normalized spacial score (nSPS) is 10.1. The fraction of sp³-hybridized carbons (Fsp3) is 0.222. The van der Waals surface area contributed by atoms with Crippen LogP contribution in [0.25, 0.3) is 22.3 Å². The Hall–Kier alpha value is -1.93. The van der Waals surface area contributed by atoms with Crippen molar-refractivity contribution in [2.45, 2.75) is 27.7 Å². The van der Waals surface area contributed by atoms with Crippen molar-refractivity contribution in [3.8, 4) is 11.3 Å². The fourth-order valence-corrected chi connectivity index (χ4v) is 2.43. The van der Waals surface area contributed by atoms with Crippen LogP contribution in [-0.2, 0) is 0 Å². The van der Waals surface area contributed by atoms with Gasteiger partial charge in [-0.3, -0.25) is 0 Å². The van der Waals surface area contributed by atoms with Crippen LogP contribution >= 0.6 is 11.6 Å². The van der Waals surface area contributed by atoms with Gasteiger partial charge in [-0.05, 0) is 31.5 Å². The second kappa shape index (κ2) is 6.68. The van der Waals surface area contributed by atoms with Gasteiger partial charge in [-0.15, -0.1) is 0 Å². The highest BCUT2D eigenvalue weighted by Gasteiger charge is 2.11. The molecular weight excluding hydrogens is 280 g/mol. The zero-order valence-electron chi connectivity index (χ0n) is 12.8. The van der Waals surface area contributed by atoms with E-state index in [-0.39, 0.29) is 0 Å². The Labute approximate surface area is 130 Å². The quantitative estimate of drug-likeness (QED) is 0.585. The van der Waals surface area contributed by atoms with E-state index in [2.05, 4.69) is 4.98 Å². The number of para-hydroxylation sites is 1. The Kier molecular flexibility index (Phi) is 4.92. The Bertz CT molecular complexity index is 766. The average Bonchev–Trinajstić information content (AvgIpc) is 2.51. The molecule has 0 saturated carbocycles. The minimum atomic E-state index is 0.701. The topological polar surface area (TPSA) is 25.8 Å². The molecule has 2 aromatic carbocycles. The predicted molar refractivity (Wildman–Crippen MR) is 90.8 cm³/mol. The van der Waals surface area contributed by atoms with E-state index in [9.17, 15) is 0 Å². The highest BCUT2D eigenvalue weighted by atomic mass is 35.5. The molecule has 0 N–H and O–H groups in total. The zero-order chi connectivity index (χ0) is 15.4. The number of hydrogen-bond acceptors (Lipinski definition) is 2. The maximum absolute atomic E-state index is 6.25. The molecule has 21 heavy (non-hydrogen) atoms. The first-order valence-electron chi connectivity index (χ1n) is 7.15. The zero-order valence-corrected chi connectivity index (χ0v) is 13.6. The van der Waals surface area contributed by atoms with Crippen LogP contribution in [0.5, 0.6) is 0 Å². The van der Waals surface area contributed by atoms with Crippen LogP contribution in [0.4, 0.5) is 0 Å². The molecule has 3 heteroatoms. The Morgan fingerprint density at radius 2 is 1.57 bits per heavy atom. The number of aromatic nitrogens is 2. The molecule has 0 atom stereocenters. The predicted octanol–water partition coefficient (Wildman–Crippen LogP) is 5.59. The van der Waals surface area contributed by atoms with Crippen LogP contribution in [0.1, 0.15) is 25.1 Å². The molecule has 0 aliphatic rings. The number of rotatable bonds is 1. The maximum atomic E-state index is 6.25. The molecule has 0 spiro atoms. The van der Waals surface area contributed by atoms with Crippen LogP contribution in [0, 0.1) is 13.8 Å². The van der Waals surface area contributed by atoms with Crippen molar-refractivity contribution in [3.63, 3.8) is 0 Å². The molecule has 3 aromatic rings. The molecule has 0 bridgehead atoms. The van der Waals surface area contributed by atoms with Gasteiger partial charge in [-0.25, -0.2) is 9.97 Å². The Morgan fingerprint density at radius 1 is 0.857 bits per heavy atom. The summed E-state index contributed by atoms with van der Waals surface area (Å²) < 4.78 is 0. The Balaban J connectivity index is 0.000000774. The van der Waals surface area contributed by atoms with E-state index in [1.54, 1.807) is 0 Å². The molecular formula is C18H19ClN2. The van der Waals surface area contributed by atoms with E-state index in [0.717, 1.165) is 33.5 Å². The van der Waals surface area contributed by atoms with Crippen molar-refractivity contribution < 1.29 is 0 Å². The van der Waals surface area contributed by atoms with Crippen molar-refractivity contribution in [3.05, 3.63) is 58.7 Å². The standard InChI is InChI=1S/C16H13ClN2.C2H6/c1-10-6-5-9-14-15(10)18-11(2)16(19-14)12-7-3-4-8-13(12)17;1-2/h3-9H,1-2H3;1-2H3. The lowest BCUT2D eigenvalue weighted by atomic mass is 10.1. The summed E-state index contributed by atoms with van der Waals surface area (Å²) in [5.74, 6) is 0. The molecule has 0 saturated heterocycles. The molecule has 3 rings (SSSR count). The van der Waals surface area contributed by atoms with Gasteiger partial charge in [0.2, 0.25) is 0 Å². The lowest BCUT2D eigenvalue weighted by Crippen LogP contribution is -1.96. The van der Waals surface area contributed by atoms with E-state index in [1.807, 2.05) is 70.2 Å². The summed E-state index contributed by atoms with van der Waals surface area (Å²) in [6.07, 6.45) is 0. The van der Waals surface area contributed by atoms with E-state index >= 15 is 0 Å². The molecule has 0 aliphatic heterocycles. The second-order valence-electron chi connectivity index (χ2n) is 4.58. The first-order valence-corrected chi connectivity index (χ1v) is 7.53. The largest absolute Gasteiger partial charge is 0.249 e. The van der Waals surface area contributed by atoms with Gasteiger partial charge in [0, 0.05) is 5.56 Å². The lowest BCUT2D eigenvalue weighted by Gasteiger charge is -2.09. The van der Waals surface area contributed by atoms with Gasteiger partial charge in [-0.2, -0.15) is 0 Å². The molecule has 108 valence electrons. The van der Waals surface area contributed by atoms with Gasteiger partial charge in [-0.1, -0.05) is 55.8 Å². The number of fused-ring (bicyclic) bond motifs is 1. The second-order valence-corrected chi connectivity index (χ2v) is 4.99. The van der Waals surface area contributed by atoms with Gasteiger partial charge >= 0.3 is 0 Å². The van der Waals surface area contributed by atoms with E-state index in [1.165, 1.54) is 0 Å². The molecule has 0 radical (unpaired) electrons. The van der Waals surface area contributed by atoms with Crippen molar-refractivity contribution in [2.75, 3.05) is 0 Å². The minimum absolute atomic E-state index is 0.701. The number of nitrogens with zero attached hydrogens (tertiary/aromatic N) is 2.